The highest BCUT2D eigenvalue weighted by atomic mass is 35.5. The molecule has 24 heavy (non-hydrogen) atoms. The van der Waals surface area contributed by atoms with E-state index in [2.05, 4.69) is 6.92 Å². The van der Waals surface area contributed by atoms with Crippen LogP contribution in [0.25, 0.3) is 0 Å². The van der Waals surface area contributed by atoms with Crippen LogP contribution in [0.15, 0.2) is 12.1 Å². The largest absolute Gasteiger partial charge is 0.505 e. The van der Waals surface area contributed by atoms with E-state index in [1.165, 1.54) is 6.07 Å². The summed E-state index contributed by atoms with van der Waals surface area (Å²) in [6.07, 6.45) is 6.52. The van der Waals surface area contributed by atoms with Gasteiger partial charge in [0.15, 0.2) is 6.29 Å². The van der Waals surface area contributed by atoms with Gasteiger partial charge in [-0.05, 0) is 50.2 Å². The zero-order valence-corrected chi connectivity index (χ0v) is 15.2. The van der Waals surface area contributed by atoms with Crippen molar-refractivity contribution in [2.75, 3.05) is 6.61 Å². The molecule has 0 heterocycles. The second-order valence-corrected chi connectivity index (χ2v) is 7.40. The molecule has 0 saturated heterocycles. The number of phenolic OH excluding ortho intramolecular Hbond substituents is 1. The summed E-state index contributed by atoms with van der Waals surface area (Å²) in [7, 11) is 0. The minimum absolute atomic E-state index is 0.0789. The zero-order chi connectivity index (χ0) is 17.7. The van der Waals surface area contributed by atoms with Crippen molar-refractivity contribution in [3.8, 4) is 11.5 Å². The van der Waals surface area contributed by atoms with Gasteiger partial charge < -0.3 is 14.9 Å². The summed E-state index contributed by atoms with van der Waals surface area (Å²) in [6.45, 7) is 4.42. The van der Waals surface area contributed by atoms with Crippen LogP contribution in [0, 0.1) is 11.8 Å². The van der Waals surface area contributed by atoms with Crippen molar-refractivity contribution in [2.45, 2.75) is 58.0 Å². The molecule has 1 aliphatic rings. The van der Waals surface area contributed by atoms with Crippen molar-refractivity contribution >= 4 is 17.9 Å². The summed E-state index contributed by atoms with van der Waals surface area (Å²) in [5.41, 5.74) is -0.617. The molecule has 5 heteroatoms. The Balaban J connectivity index is 2.12. The third-order valence-electron chi connectivity index (χ3n) is 5.16. The molecule has 1 aliphatic carbocycles. The second-order valence-electron chi connectivity index (χ2n) is 6.99. The number of carbonyl (C=O) groups excluding carboxylic acids is 1. The summed E-state index contributed by atoms with van der Waals surface area (Å²) >= 11 is 5.83. The number of halogens is 1. The van der Waals surface area contributed by atoms with E-state index >= 15 is 0 Å². The highest BCUT2D eigenvalue weighted by Gasteiger charge is 2.38. The highest BCUT2D eigenvalue weighted by Crippen LogP contribution is 2.40. The first-order valence-electron chi connectivity index (χ1n) is 8.72. The fourth-order valence-corrected chi connectivity index (χ4v) is 4.08. The number of hydrogen-bond donors (Lipinski definition) is 2. The molecule has 1 fully saturated rings. The Hall–Kier alpha value is -1.26. The van der Waals surface area contributed by atoms with Gasteiger partial charge in [-0.1, -0.05) is 37.8 Å². The maximum absolute atomic E-state index is 11.2. The van der Waals surface area contributed by atoms with Crippen LogP contribution in [0.3, 0.4) is 0 Å². The van der Waals surface area contributed by atoms with Crippen LogP contribution in [-0.4, -0.2) is 28.7 Å². The molecule has 1 saturated carbocycles. The zero-order valence-electron chi connectivity index (χ0n) is 14.4. The molecular weight excluding hydrogens is 328 g/mol. The van der Waals surface area contributed by atoms with E-state index in [9.17, 15) is 15.0 Å². The van der Waals surface area contributed by atoms with Gasteiger partial charge in [-0.15, -0.1) is 0 Å². The van der Waals surface area contributed by atoms with Gasteiger partial charge in [-0.25, -0.2) is 0 Å². The average Bonchev–Trinajstić information content (AvgIpc) is 2.56. The van der Waals surface area contributed by atoms with Gasteiger partial charge in [0.2, 0.25) is 0 Å². The summed E-state index contributed by atoms with van der Waals surface area (Å²) in [4.78, 5) is 11.2. The van der Waals surface area contributed by atoms with Crippen LogP contribution in [0.1, 0.15) is 62.7 Å². The molecule has 3 atom stereocenters. The number of aromatic hydroxyl groups is 1. The molecule has 2 N–H and O–H groups in total. The normalized spacial score (nSPS) is 23.5. The van der Waals surface area contributed by atoms with Gasteiger partial charge in [-0.2, -0.15) is 0 Å². The summed E-state index contributed by atoms with van der Waals surface area (Å²) < 4.78 is 5.85. The summed E-state index contributed by atoms with van der Waals surface area (Å²) in [5, 5.41) is 20.8. The maximum atomic E-state index is 11.2. The SMILES string of the molecule is CCCC(C)(O)C1CCCCC1COc1ccc(Cl)c(O)c1C=O. The van der Waals surface area contributed by atoms with Crippen molar-refractivity contribution in [3.63, 3.8) is 0 Å². The molecule has 0 bridgehead atoms. The van der Waals surface area contributed by atoms with Crippen LogP contribution in [0.2, 0.25) is 5.02 Å². The first kappa shape index (κ1) is 19.1. The Labute approximate surface area is 148 Å². The molecule has 1 aromatic carbocycles. The molecule has 0 radical (unpaired) electrons. The number of ether oxygens (including phenoxy) is 1. The molecule has 0 aliphatic heterocycles. The quantitative estimate of drug-likeness (QED) is 0.702. The fraction of sp³-hybridized carbons (Fsp3) is 0.632. The van der Waals surface area contributed by atoms with Gasteiger partial charge in [0.05, 0.1) is 22.8 Å². The second kappa shape index (κ2) is 8.21. The van der Waals surface area contributed by atoms with E-state index in [0.717, 1.165) is 38.5 Å². The van der Waals surface area contributed by atoms with Crippen molar-refractivity contribution in [1.29, 1.82) is 0 Å². The number of benzene rings is 1. The Morgan fingerprint density at radius 1 is 1.38 bits per heavy atom. The minimum atomic E-state index is -0.696. The number of carbonyl (C=O) groups is 1. The van der Waals surface area contributed by atoms with Gasteiger partial charge in [0.25, 0.3) is 0 Å². The van der Waals surface area contributed by atoms with Crippen molar-refractivity contribution in [2.24, 2.45) is 11.8 Å². The molecule has 134 valence electrons. The predicted octanol–water partition coefficient (Wildman–Crippen LogP) is 4.59. The van der Waals surface area contributed by atoms with E-state index in [-0.39, 0.29) is 28.2 Å². The summed E-state index contributed by atoms with van der Waals surface area (Å²) in [5.74, 6) is 0.512. The van der Waals surface area contributed by atoms with E-state index in [0.29, 0.717) is 18.6 Å². The van der Waals surface area contributed by atoms with Crippen LogP contribution < -0.4 is 4.74 Å². The average molecular weight is 355 g/mol. The molecule has 0 aromatic heterocycles. The van der Waals surface area contributed by atoms with Gasteiger partial charge in [0, 0.05) is 0 Å². The molecule has 2 rings (SSSR count). The molecule has 0 amide bonds. The van der Waals surface area contributed by atoms with Gasteiger partial charge in [-0.3, -0.25) is 4.79 Å². The lowest BCUT2D eigenvalue weighted by molar-refractivity contribution is -0.0578. The smallest absolute Gasteiger partial charge is 0.157 e. The number of rotatable bonds is 7. The molecule has 3 unspecified atom stereocenters. The van der Waals surface area contributed by atoms with Crippen LogP contribution in [0.4, 0.5) is 0 Å². The Kier molecular flexibility index (Phi) is 6.53. The van der Waals surface area contributed by atoms with Crippen molar-refractivity contribution in [1.82, 2.24) is 0 Å². The van der Waals surface area contributed by atoms with E-state index in [4.69, 9.17) is 16.3 Å². The lowest BCUT2D eigenvalue weighted by atomic mass is 9.69. The van der Waals surface area contributed by atoms with E-state index in [1.807, 2.05) is 6.92 Å². The van der Waals surface area contributed by atoms with Crippen molar-refractivity contribution in [3.05, 3.63) is 22.7 Å². The van der Waals surface area contributed by atoms with Crippen molar-refractivity contribution < 1.29 is 19.7 Å². The number of hydrogen-bond acceptors (Lipinski definition) is 4. The number of phenols is 1. The van der Waals surface area contributed by atoms with Crippen LogP contribution >= 0.6 is 11.6 Å². The molecule has 0 spiro atoms. The number of aldehydes is 1. The Morgan fingerprint density at radius 3 is 2.75 bits per heavy atom. The first-order valence-corrected chi connectivity index (χ1v) is 9.10. The molecular formula is C19H27ClO4. The molecule has 4 nitrogen and oxygen atoms in total. The van der Waals surface area contributed by atoms with Crippen LogP contribution in [-0.2, 0) is 0 Å². The van der Waals surface area contributed by atoms with Crippen LogP contribution in [0.5, 0.6) is 11.5 Å². The lowest BCUT2D eigenvalue weighted by Gasteiger charge is -2.41. The Bertz CT molecular complexity index is 571. The molecule has 1 aromatic rings. The lowest BCUT2D eigenvalue weighted by Crippen LogP contribution is -2.42. The predicted molar refractivity (Wildman–Crippen MR) is 95.0 cm³/mol. The van der Waals surface area contributed by atoms with Gasteiger partial charge in [0.1, 0.15) is 11.5 Å². The third-order valence-corrected chi connectivity index (χ3v) is 5.47. The standard InChI is InChI=1S/C19H27ClO4/c1-3-10-19(2,23)15-7-5-4-6-13(15)12-24-17-9-8-16(20)18(22)14(17)11-21/h8-9,11,13,15,22-23H,3-7,10,12H2,1-2H3. The van der Waals surface area contributed by atoms with Gasteiger partial charge >= 0.3 is 0 Å². The number of aliphatic hydroxyl groups is 1. The van der Waals surface area contributed by atoms with E-state index in [1.54, 1.807) is 6.07 Å². The maximum Gasteiger partial charge on any atom is 0.157 e. The summed E-state index contributed by atoms with van der Waals surface area (Å²) in [6, 6.07) is 3.12. The first-order chi connectivity index (χ1) is 11.4. The Morgan fingerprint density at radius 2 is 2.08 bits per heavy atom. The highest BCUT2D eigenvalue weighted by molar-refractivity contribution is 6.32. The van der Waals surface area contributed by atoms with E-state index < -0.39 is 5.60 Å². The third kappa shape index (κ3) is 4.22. The monoisotopic (exact) mass is 354 g/mol. The fourth-order valence-electron chi connectivity index (χ4n) is 3.92. The minimum Gasteiger partial charge on any atom is -0.505 e. The topological polar surface area (TPSA) is 66.8 Å².